The molecule has 30 heavy (non-hydrogen) atoms. The average molecular weight is 416 g/mol. The third-order valence-corrected chi connectivity index (χ3v) is 5.62. The highest BCUT2D eigenvalue weighted by molar-refractivity contribution is 6.22. The Kier molecular flexibility index (Phi) is 3.99. The van der Waals surface area contributed by atoms with E-state index in [0.717, 1.165) is 21.3 Å². The second-order valence-corrected chi connectivity index (χ2v) is 7.26. The lowest BCUT2D eigenvalue weighted by Crippen LogP contribution is -2.70. The fourth-order valence-corrected chi connectivity index (χ4v) is 4.02. The normalized spacial score (nSPS) is 20.0. The minimum atomic E-state index is -2.34. The number of amides is 4. The zero-order valence-electron chi connectivity index (χ0n) is 16.5. The molecule has 4 rings (SSSR count). The Morgan fingerprint density at radius 3 is 1.93 bits per heavy atom. The maximum atomic E-state index is 13.6. The molecule has 1 saturated heterocycles. The average Bonchev–Trinajstić information content (AvgIpc) is 3.10. The van der Waals surface area contributed by atoms with Crippen LogP contribution in [0.25, 0.3) is 0 Å². The van der Waals surface area contributed by atoms with Gasteiger partial charge >= 0.3 is 11.7 Å². The van der Waals surface area contributed by atoms with Crippen LogP contribution in [-0.2, 0) is 23.7 Å². The molecule has 0 N–H and O–H groups in total. The van der Waals surface area contributed by atoms with Crippen LogP contribution >= 0.6 is 0 Å². The number of carbonyl (C=O) groups is 3. The molecular formula is C19H17FN4O6. The van der Waals surface area contributed by atoms with E-state index >= 15 is 0 Å². The van der Waals surface area contributed by atoms with Gasteiger partial charge in [-0.25, -0.2) is 14.0 Å². The lowest BCUT2D eigenvalue weighted by Gasteiger charge is -2.41. The molecule has 4 amide bonds. The molecule has 156 valence electrons. The molecule has 1 spiro atoms. The van der Waals surface area contributed by atoms with Gasteiger partial charge in [0.05, 0.1) is 11.5 Å². The van der Waals surface area contributed by atoms with E-state index in [0.29, 0.717) is 9.80 Å². The van der Waals surface area contributed by atoms with Crippen LogP contribution < -0.4 is 16.0 Å². The van der Waals surface area contributed by atoms with Crippen molar-refractivity contribution in [2.24, 2.45) is 14.1 Å². The summed E-state index contributed by atoms with van der Waals surface area (Å²) in [7, 11) is 4.95. The van der Waals surface area contributed by atoms with Crippen LogP contribution in [0.15, 0.2) is 33.9 Å². The molecule has 2 aliphatic rings. The van der Waals surface area contributed by atoms with E-state index in [9.17, 15) is 28.4 Å². The van der Waals surface area contributed by atoms with Gasteiger partial charge in [0.25, 0.3) is 23.0 Å². The molecule has 1 atom stereocenters. The topological polar surface area (TPSA) is 111 Å². The van der Waals surface area contributed by atoms with Crippen LogP contribution in [0.4, 0.5) is 9.18 Å². The van der Waals surface area contributed by atoms with E-state index in [2.05, 4.69) is 0 Å². The van der Waals surface area contributed by atoms with E-state index in [1.807, 2.05) is 0 Å². The quantitative estimate of drug-likeness (QED) is 0.582. The summed E-state index contributed by atoms with van der Waals surface area (Å²) in [5.74, 6) is -4.11. The standard InChI is InChI=1S/C19H17FN4O6/c1-21-13(25)11-12(9-5-7-10(20)8-6-9)19(30-14(11)22(2)17(21)28)15(26)23(3)18(29)24(4)16(19)27/h5-8,12H,1-4H3. The monoisotopic (exact) mass is 416 g/mol. The number of nitrogens with zero attached hydrogens (tertiary/aromatic N) is 4. The molecular weight excluding hydrogens is 399 g/mol. The second kappa shape index (κ2) is 6.12. The summed E-state index contributed by atoms with van der Waals surface area (Å²) in [5.41, 5.74) is -3.69. The van der Waals surface area contributed by atoms with Gasteiger partial charge in [0.2, 0.25) is 5.88 Å². The number of rotatable bonds is 1. The SMILES string of the molecule is CN1C(=O)N(C)C(=O)C2(Oc3c(c(=O)n(C)c(=O)n3C)C2c2ccc(F)cc2)C1=O. The Labute approximate surface area is 168 Å². The smallest absolute Gasteiger partial charge is 0.333 e. The number of halogens is 1. The Hall–Kier alpha value is -3.76. The van der Waals surface area contributed by atoms with Crippen LogP contribution in [0.5, 0.6) is 5.88 Å². The van der Waals surface area contributed by atoms with Crippen LogP contribution in [0.3, 0.4) is 0 Å². The summed E-state index contributed by atoms with van der Waals surface area (Å²) >= 11 is 0. The second-order valence-electron chi connectivity index (χ2n) is 7.26. The lowest BCUT2D eigenvalue weighted by molar-refractivity contribution is -0.164. The van der Waals surface area contributed by atoms with Gasteiger partial charge in [0.15, 0.2) is 0 Å². The number of hydrogen-bond acceptors (Lipinski definition) is 6. The van der Waals surface area contributed by atoms with Gasteiger partial charge in [-0.15, -0.1) is 0 Å². The number of benzene rings is 1. The molecule has 1 aromatic heterocycles. The number of likely N-dealkylation sites (N-methyl/N-ethyl adjacent to an activating group) is 2. The third kappa shape index (κ3) is 2.19. The molecule has 2 aliphatic heterocycles. The number of aromatic nitrogens is 2. The molecule has 0 bridgehead atoms. The predicted molar refractivity (Wildman–Crippen MR) is 99.5 cm³/mol. The first-order valence-corrected chi connectivity index (χ1v) is 8.88. The van der Waals surface area contributed by atoms with Gasteiger partial charge in [0.1, 0.15) is 5.82 Å². The van der Waals surface area contributed by atoms with Gasteiger partial charge in [0, 0.05) is 28.2 Å². The van der Waals surface area contributed by atoms with Gasteiger partial charge < -0.3 is 4.74 Å². The number of hydrogen-bond donors (Lipinski definition) is 0. The lowest BCUT2D eigenvalue weighted by atomic mass is 9.77. The predicted octanol–water partition coefficient (Wildman–Crippen LogP) is -0.463. The summed E-state index contributed by atoms with van der Waals surface area (Å²) in [6, 6.07) is 4.01. The first-order valence-electron chi connectivity index (χ1n) is 8.88. The number of barbiturate groups is 1. The molecule has 10 nitrogen and oxygen atoms in total. The molecule has 0 saturated carbocycles. The van der Waals surface area contributed by atoms with Crippen molar-refractivity contribution >= 4 is 17.8 Å². The molecule has 3 heterocycles. The fraction of sp³-hybridized carbons (Fsp3) is 0.316. The summed E-state index contributed by atoms with van der Waals surface area (Å²) in [6.45, 7) is 0. The number of imide groups is 2. The number of ether oxygens (including phenoxy) is 1. The number of fused-ring (bicyclic) bond motifs is 1. The van der Waals surface area contributed by atoms with Crippen LogP contribution in [0, 0.1) is 5.82 Å². The van der Waals surface area contributed by atoms with E-state index in [-0.39, 0.29) is 17.0 Å². The van der Waals surface area contributed by atoms with Gasteiger partial charge in [-0.1, -0.05) is 12.1 Å². The summed E-state index contributed by atoms with van der Waals surface area (Å²) in [4.78, 5) is 65.7. The Morgan fingerprint density at radius 1 is 0.867 bits per heavy atom. The summed E-state index contributed by atoms with van der Waals surface area (Å²) in [5, 5.41) is 0. The highest BCUT2D eigenvalue weighted by atomic mass is 19.1. The highest BCUT2D eigenvalue weighted by Gasteiger charge is 2.68. The van der Waals surface area contributed by atoms with Gasteiger partial charge in [-0.05, 0) is 17.7 Å². The van der Waals surface area contributed by atoms with Crippen LogP contribution in [0.2, 0.25) is 0 Å². The molecule has 0 aliphatic carbocycles. The first-order chi connectivity index (χ1) is 14.0. The summed E-state index contributed by atoms with van der Waals surface area (Å²) in [6.07, 6.45) is 0. The number of carbonyl (C=O) groups excluding carboxylic acids is 3. The number of urea groups is 1. The Morgan fingerprint density at radius 2 is 1.40 bits per heavy atom. The molecule has 11 heteroatoms. The molecule has 1 aromatic carbocycles. The van der Waals surface area contributed by atoms with Gasteiger partial charge in [-0.2, -0.15) is 0 Å². The van der Waals surface area contributed by atoms with Crippen molar-refractivity contribution < 1.29 is 23.5 Å². The van der Waals surface area contributed by atoms with E-state index in [1.54, 1.807) is 0 Å². The van der Waals surface area contributed by atoms with Crippen molar-refractivity contribution in [3.63, 3.8) is 0 Å². The van der Waals surface area contributed by atoms with Crippen molar-refractivity contribution in [2.45, 2.75) is 11.5 Å². The molecule has 0 radical (unpaired) electrons. The van der Waals surface area contributed by atoms with Crippen molar-refractivity contribution in [3.8, 4) is 5.88 Å². The van der Waals surface area contributed by atoms with Crippen molar-refractivity contribution in [1.29, 1.82) is 0 Å². The first kappa shape index (κ1) is 19.6. The largest absolute Gasteiger partial charge is 0.450 e. The zero-order valence-corrected chi connectivity index (χ0v) is 16.5. The molecule has 1 unspecified atom stereocenters. The highest BCUT2D eigenvalue weighted by Crippen LogP contribution is 2.49. The zero-order chi connectivity index (χ0) is 22.1. The van der Waals surface area contributed by atoms with E-state index in [4.69, 9.17) is 4.74 Å². The molecule has 1 fully saturated rings. The van der Waals surface area contributed by atoms with Crippen molar-refractivity contribution in [3.05, 3.63) is 62.0 Å². The van der Waals surface area contributed by atoms with Crippen LogP contribution in [0.1, 0.15) is 17.0 Å². The minimum Gasteiger partial charge on any atom is -0.450 e. The fourth-order valence-electron chi connectivity index (χ4n) is 4.02. The molecule has 2 aromatic rings. The Balaban J connectivity index is 2.12. The van der Waals surface area contributed by atoms with Crippen molar-refractivity contribution in [2.75, 3.05) is 14.1 Å². The maximum Gasteiger partial charge on any atom is 0.333 e. The van der Waals surface area contributed by atoms with Crippen LogP contribution in [-0.4, -0.2) is 56.5 Å². The maximum absolute atomic E-state index is 13.6. The summed E-state index contributed by atoms with van der Waals surface area (Å²) < 4.78 is 21.2. The Bertz CT molecular complexity index is 1220. The van der Waals surface area contributed by atoms with E-state index < -0.39 is 46.4 Å². The van der Waals surface area contributed by atoms with Gasteiger partial charge in [-0.3, -0.25) is 33.3 Å². The van der Waals surface area contributed by atoms with E-state index in [1.165, 1.54) is 40.3 Å². The minimum absolute atomic E-state index is 0.107. The third-order valence-electron chi connectivity index (χ3n) is 5.62. The van der Waals surface area contributed by atoms with Crippen molar-refractivity contribution in [1.82, 2.24) is 18.9 Å².